The van der Waals surface area contributed by atoms with Crippen molar-refractivity contribution < 1.29 is 9.47 Å². The van der Waals surface area contributed by atoms with E-state index in [1.54, 1.807) is 18.4 Å². The molecule has 1 aliphatic rings. The maximum atomic E-state index is 5.73. The lowest BCUT2D eigenvalue weighted by Crippen LogP contribution is -2.46. The normalized spacial score (nSPS) is 16.1. The first kappa shape index (κ1) is 24.1. The lowest BCUT2D eigenvalue weighted by atomic mass is 10.2. The zero-order valence-corrected chi connectivity index (χ0v) is 20.0. The molecule has 29 heavy (non-hydrogen) atoms. The number of aliphatic imine (C=N–C) groups is 1. The van der Waals surface area contributed by atoms with Gasteiger partial charge in [0.25, 0.3) is 0 Å². The molecule has 0 aliphatic carbocycles. The Labute approximate surface area is 194 Å². The van der Waals surface area contributed by atoms with Crippen molar-refractivity contribution in [1.29, 1.82) is 0 Å². The number of hydrogen-bond donors (Lipinski definition) is 2. The molecule has 0 bridgehead atoms. The van der Waals surface area contributed by atoms with E-state index in [4.69, 9.17) is 9.47 Å². The fourth-order valence-corrected chi connectivity index (χ4v) is 4.06. The Kier molecular flexibility index (Phi) is 11.6. The number of halogens is 1. The van der Waals surface area contributed by atoms with Gasteiger partial charge < -0.3 is 20.1 Å². The highest BCUT2D eigenvalue weighted by Crippen LogP contribution is 2.25. The van der Waals surface area contributed by atoms with Gasteiger partial charge in [0.15, 0.2) is 5.96 Å². The molecular weight excluding hydrogens is 499 g/mol. The van der Waals surface area contributed by atoms with Gasteiger partial charge in [-0.1, -0.05) is 36.4 Å². The van der Waals surface area contributed by atoms with Crippen LogP contribution < -0.4 is 10.6 Å². The van der Waals surface area contributed by atoms with E-state index >= 15 is 0 Å². The Bertz CT molecular complexity index is 694. The van der Waals surface area contributed by atoms with Crippen molar-refractivity contribution in [2.75, 3.05) is 53.0 Å². The Hall–Kier alpha value is -1.20. The lowest BCUT2D eigenvalue weighted by molar-refractivity contribution is 0.0177. The monoisotopic (exact) mass is 530 g/mol. The predicted molar refractivity (Wildman–Crippen MR) is 130 cm³/mol. The molecule has 8 heteroatoms. The molecule has 1 aromatic carbocycles. The Morgan fingerprint density at radius 1 is 1.17 bits per heavy atom. The molecule has 0 spiro atoms. The minimum absolute atomic E-state index is 0. The average molecular weight is 530 g/mol. The number of benzene rings is 1. The second-order valence-corrected chi connectivity index (χ2v) is 7.58. The second kappa shape index (κ2) is 13.9. The molecule has 1 saturated heterocycles. The smallest absolute Gasteiger partial charge is 0.191 e. The summed E-state index contributed by atoms with van der Waals surface area (Å²) in [6.45, 7) is 6.31. The van der Waals surface area contributed by atoms with Crippen LogP contribution in [-0.2, 0) is 16.1 Å². The van der Waals surface area contributed by atoms with Crippen molar-refractivity contribution in [3.05, 3.63) is 58.3 Å². The molecular formula is C21H31IN4O2S. The molecule has 1 aliphatic heterocycles. The highest BCUT2D eigenvalue weighted by molar-refractivity contribution is 14.0. The third kappa shape index (κ3) is 8.21. The van der Waals surface area contributed by atoms with E-state index in [-0.39, 0.29) is 24.0 Å². The summed E-state index contributed by atoms with van der Waals surface area (Å²) in [5, 5.41) is 8.94. The zero-order valence-electron chi connectivity index (χ0n) is 16.9. The van der Waals surface area contributed by atoms with E-state index < -0.39 is 0 Å². The molecule has 2 N–H and O–H groups in total. The molecule has 0 saturated carbocycles. The first-order valence-corrected chi connectivity index (χ1v) is 10.7. The van der Waals surface area contributed by atoms with Crippen molar-refractivity contribution in [1.82, 2.24) is 15.5 Å². The summed E-state index contributed by atoms with van der Waals surface area (Å²) < 4.78 is 11.2. The topological polar surface area (TPSA) is 58.1 Å². The molecule has 2 heterocycles. The summed E-state index contributed by atoms with van der Waals surface area (Å²) in [5.74, 6) is 0.804. The number of hydrogen-bond acceptors (Lipinski definition) is 5. The fraction of sp³-hybridized carbons (Fsp3) is 0.476. The van der Waals surface area contributed by atoms with Crippen molar-refractivity contribution in [2.24, 2.45) is 4.99 Å². The number of ether oxygens (including phenoxy) is 2. The van der Waals surface area contributed by atoms with Gasteiger partial charge in [-0.3, -0.25) is 9.89 Å². The van der Waals surface area contributed by atoms with Crippen LogP contribution in [-0.4, -0.2) is 63.9 Å². The maximum absolute atomic E-state index is 5.73. The van der Waals surface area contributed by atoms with Crippen molar-refractivity contribution in [3.63, 3.8) is 0 Å². The van der Waals surface area contributed by atoms with Gasteiger partial charge in [-0.25, -0.2) is 0 Å². The first-order chi connectivity index (χ1) is 13.9. The molecule has 160 valence electrons. The van der Waals surface area contributed by atoms with Crippen LogP contribution in [0.4, 0.5) is 0 Å². The second-order valence-electron chi connectivity index (χ2n) is 6.60. The fourth-order valence-electron chi connectivity index (χ4n) is 3.20. The molecule has 0 radical (unpaired) electrons. The maximum Gasteiger partial charge on any atom is 0.191 e. The van der Waals surface area contributed by atoms with Crippen LogP contribution in [0.3, 0.4) is 0 Å². The van der Waals surface area contributed by atoms with Gasteiger partial charge in [-0.05, 0) is 17.0 Å². The van der Waals surface area contributed by atoms with Crippen LogP contribution >= 0.6 is 35.3 Å². The third-order valence-electron chi connectivity index (χ3n) is 4.69. The lowest BCUT2D eigenvalue weighted by Gasteiger charge is -2.34. The minimum atomic E-state index is 0. The van der Waals surface area contributed by atoms with Gasteiger partial charge in [0, 0.05) is 38.1 Å². The molecule has 1 fully saturated rings. The summed E-state index contributed by atoms with van der Waals surface area (Å²) in [7, 11) is 1.80. The molecule has 3 rings (SSSR count). The van der Waals surface area contributed by atoms with Crippen LogP contribution in [0.2, 0.25) is 0 Å². The van der Waals surface area contributed by atoms with Gasteiger partial charge in [0.2, 0.25) is 0 Å². The number of nitrogens with one attached hydrogen (secondary N) is 2. The number of morpholine rings is 1. The van der Waals surface area contributed by atoms with Crippen LogP contribution in [0.25, 0.3) is 0 Å². The molecule has 1 aromatic heterocycles. The van der Waals surface area contributed by atoms with E-state index in [1.165, 1.54) is 10.4 Å². The average Bonchev–Trinajstić information content (AvgIpc) is 3.28. The van der Waals surface area contributed by atoms with E-state index in [1.807, 2.05) is 18.2 Å². The van der Waals surface area contributed by atoms with Crippen molar-refractivity contribution >= 4 is 41.3 Å². The number of rotatable bonds is 9. The van der Waals surface area contributed by atoms with Crippen molar-refractivity contribution in [2.45, 2.75) is 12.6 Å². The van der Waals surface area contributed by atoms with E-state index in [0.717, 1.165) is 38.8 Å². The Morgan fingerprint density at radius 3 is 2.66 bits per heavy atom. The third-order valence-corrected chi connectivity index (χ3v) is 5.67. The van der Waals surface area contributed by atoms with Crippen LogP contribution in [0, 0.1) is 0 Å². The molecule has 0 amide bonds. The quantitative estimate of drug-likeness (QED) is 0.226. The van der Waals surface area contributed by atoms with Gasteiger partial charge >= 0.3 is 0 Å². The molecule has 2 aromatic rings. The van der Waals surface area contributed by atoms with Gasteiger partial charge in [0.1, 0.15) is 0 Å². The van der Waals surface area contributed by atoms with E-state index in [9.17, 15) is 0 Å². The molecule has 6 nitrogen and oxygen atoms in total. The summed E-state index contributed by atoms with van der Waals surface area (Å²) in [6, 6.07) is 14.9. The minimum Gasteiger partial charge on any atom is -0.379 e. The van der Waals surface area contributed by atoms with Gasteiger partial charge in [0.05, 0.1) is 32.5 Å². The van der Waals surface area contributed by atoms with E-state index in [0.29, 0.717) is 25.8 Å². The Morgan fingerprint density at radius 2 is 1.97 bits per heavy atom. The summed E-state index contributed by atoms with van der Waals surface area (Å²) in [4.78, 5) is 8.20. The zero-order chi connectivity index (χ0) is 19.4. The van der Waals surface area contributed by atoms with Crippen molar-refractivity contribution in [3.8, 4) is 0 Å². The first-order valence-electron chi connectivity index (χ1n) is 9.78. The number of nitrogens with zero attached hydrogens (tertiary/aromatic N) is 2. The standard InChI is InChI=1S/C21H30N4O2S.HI/c1-22-21(23-9-12-27-17-18-6-3-2-4-7-18)24-16-19(20-8-5-15-28-20)25-10-13-26-14-11-25;/h2-8,15,19H,9-14,16-17H2,1H3,(H2,22,23,24);1H. The molecule has 1 atom stereocenters. The van der Waals surface area contributed by atoms with Gasteiger partial charge in [-0.2, -0.15) is 0 Å². The highest BCUT2D eigenvalue weighted by atomic mass is 127. The van der Waals surface area contributed by atoms with E-state index in [2.05, 4.69) is 50.2 Å². The summed E-state index contributed by atoms with van der Waals surface area (Å²) in [5.41, 5.74) is 1.19. The van der Waals surface area contributed by atoms with Crippen LogP contribution in [0.1, 0.15) is 16.5 Å². The largest absolute Gasteiger partial charge is 0.379 e. The Balaban J connectivity index is 0.00000300. The van der Waals surface area contributed by atoms with Crippen LogP contribution in [0.15, 0.2) is 52.8 Å². The van der Waals surface area contributed by atoms with Gasteiger partial charge in [-0.15, -0.1) is 35.3 Å². The number of guanidine groups is 1. The molecule has 1 unspecified atom stereocenters. The highest BCUT2D eigenvalue weighted by Gasteiger charge is 2.23. The predicted octanol–water partition coefficient (Wildman–Crippen LogP) is 3.12. The van der Waals surface area contributed by atoms with Crippen LogP contribution in [0.5, 0.6) is 0 Å². The summed E-state index contributed by atoms with van der Waals surface area (Å²) >= 11 is 1.80. The number of thiophene rings is 1. The SMILES string of the molecule is CN=C(NCCOCc1ccccc1)NCC(c1cccs1)N1CCOCC1.I. The summed E-state index contributed by atoms with van der Waals surface area (Å²) in [6.07, 6.45) is 0.